The highest BCUT2D eigenvalue weighted by Gasteiger charge is 2.28. The minimum absolute atomic E-state index is 0.491. The molecule has 0 amide bonds. The summed E-state index contributed by atoms with van der Waals surface area (Å²) in [5.74, 6) is 0.491. The number of allylic oxidation sites excluding steroid dienone is 2. The van der Waals surface area contributed by atoms with Gasteiger partial charge in [-0.15, -0.1) is 0 Å². The van der Waals surface area contributed by atoms with Crippen molar-refractivity contribution in [1.82, 2.24) is 20.3 Å². The molecule has 0 saturated carbocycles. The normalized spacial score (nSPS) is 25.6. The van der Waals surface area contributed by atoms with Crippen molar-refractivity contribution in [3.05, 3.63) is 42.9 Å². The van der Waals surface area contributed by atoms with Gasteiger partial charge >= 0.3 is 0 Å². The van der Waals surface area contributed by atoms with Crippen LogP contribution in [0.5, 0.6) is 0 Å². The molecule has 0 aromatic carbocycles. The molecule has 1 aliphatic heterocycles. The third-order valence-electron chi connectivity index (χ3n) is 1.65. The van der Waals surface area contributed by atoms with E-state index in [4.69, 9.17) is 11.6 Å². The molecule has 0 bridgehead atoms. The summed E-state index contributed by atoms with van der Waals surface area (Å²) in [6.45, 7) is 0. The number of hydrogen-bond acceptors (Lipinski definition) is 4. The van der Waals surface area contributed by atoms with Crippen molar-refractivity contribution in [3.63, 3.8) is 0 Å². The first-order valence-corrected chi connectivity index (χ1v) is 4.12. The number of aromatic nitrogens is 3. The number of rotatable bonds is 1. The zero-order valence-electron chi connectivity index (χ0n) is 6.68. The van der Waals surface area contributed by atoms with Crippen LogP contribution in [0.25, 0.3) is 0 Å². The molecular formula is C8H7ClN4. The van der Waals surface area contributed by atoms with Crippen LogP contribution >= 0.6 is 11.6 Å². The van der Waals surface area contributed by atoms with Crippen LogP contribution in [0.15, 0.2) is 37.1 Å². The van der Waals surface area contributed by atoms with Gasteiger partial charge in [0, 0.05) is 0 Å². The van der Waals surface area contributed by atoms with Gasteiger partial charge in [0.1, 0.15) is 12.7 Å². The van der Waals surface area contributed by atoms with Crippen molar-refractivity contribution in [2.45, 2.75) is 5.00 Å². The molecule has 0 fully saturated rings. The van der Waals surface area contributed by atoms with Crippen LogP contribution in [0.1, 0.15) is 5.82 Å². The smallest absolute Gasteiger partial charge is 0.191 e. The fraction of sp³-hybridized carbons (Fsp3) is 0.125. The van der Waals surface area contributed by atoms with Gasteiger partial charge in [-0.1, -0.05) is 17.7 Å². The summed E-state index contributed by atoms with van der Waals surface area (Å²) in [6, 6.07) is 0. The molecule has 0 radical (unpaired) electrons. The van der Waals surface area contributed by atoms with Gasteiger partial charge < -0.3 is 5.32 Å². The van der Waals surface area contributed by atoms with E-state index in [0.717, 1.165) is 0 Å². The van der Waals surface area contributed by atoms with Gasteiger partial charge in [0.2, 0.25) is 0 Å². The van der Waals surface area contributed by atoms with E-state index < -0.39 is 5.00 Å². The van der Waals surface area contributed by atoms with Crippen molar-refractivity contribution >= 4 is 11.6 Å². The lowest BCUT2D eigenvalue weighted by Crippen LogP contribution is -2.34. The molecule has 0 aliphatic carbocycles. The van der Waals surface area contributed by atoms with E-state index >= 15 is 0 Å². The van der Waals surface area contributed by atoms with Crippen LogP contribution in [0.4, 0.5) is 0 Å². The van der Waals surface area contributed by atoms with Gasteiger partial charge in [-0.2, -0.15) is 0 Å². The van der Waals surface area contributed by atoms with E-state index in [1.807, 2.05) is 12.2 Å². The highest BCUT2D eigenvalue weighted by Crippen LogP contribution is 2.25. The van der Waals surface area contributed by atoms with Gasteiger partial charge in [0.15, 0.2) is 10.8 Å². The first-order valence-electron chi connectivity index (χ1n) is 3.75. The Morgan fingerprint density at radius 3 is 2.62 bits per heavy atom. The first kappa shape index (κ1) is 8.19. The van der Waals surface area contributed by atoms with E-state index in [1.54, 1.807) is 12.3 Å². The highest BCUT2D eigenvalue weighted by atomic mass is 35.5. The monoisotopic (exact) mass is 194 g/mol. The van der Waals surface area contributed by atoms with E-state index in [0.29, 0.717) is 5.82 Å². The fourth-order valence-electron chi connectivity index (χ4n) is 1.03. The standard InChI is InChI=1S/C8H7ClN4/c9-8(3-1-2-4-13-8)7-11-5-10-6-12-7/h1-6,13H. The molecule has 0 spiro atoms. The summed E-state index contributed by atoms with van der Waals surface area (Å²) >= 11 is 6.20. The van der Waals surface area contributed by atoms with E-state index in [2.05, 4.69) is 20.3 Å². The van der Waals surface area contributed by atoms with Crippen LogP contribution in [0.3, 0.4) is 0 Å². The molecule has 66 valence electrons. The second kappa shape index (κ2) is 3.14. The second-order valence-corrected chi connectivity index (χ2v) is 3.13. The predicted molar refractivity (Wildman–Crippen MR) is 48.8 cm³/mol. The van der Waals surface area contributed by atoms with Crippen molar-refractivity contribution in [1.29, 1.82) is 0 Å². The lowest BCUT2D eigenvalue weighted by atomic mass is 10.2. The molecule has 1 aromatic rings. The topological polar surface area (TPSA) is 50.7 Å². The van der Waals surface area contributed by atoms with Crippen LogP contribution < -0.4 is 5.32 Å². The van der Waals surface area contributed by atoms with E-state index in [9.17, 15) is 0 Å². The molecule has 4 nitrogen and oxygen atoms in total. The van der Waals surface area contributed by atoms with Crippen LogP contribution in [0, 0.1) is 0 Å². The molecule has 1 aliphatic rings. The van der Waals surface area contributed by atoms with Gasteiger partial charge in [-0.25, -0.2) is 15.0 Å². The number of nitrogens with zero attached hydrogens (tertiary/aromatic N) is 3. The second-order valence-electron chi connectivity index (χ2n) is 2.54. The average Bonchev–Trinajstić information content (AvgIpc) is 2.20. The molecule has 1 N–H and O–H groups in total. The zero-order valence-corrected chi connectivity index (χ0v) is 7.44. The van der Waals surface area contributed by atoms with Crippen molar-refractivity contribution < 1.29 is 0 Å². The minimum atomic E-state index is -0.836. The number of hydrogen-bond donors (Lipinski definition) is 1. The van der Waals surface area contributed by atoms with Crippen molar-refractivity contribution in [3.8, 4) is 0 Å². The number of alkyl halides is 1. The van der Waals surface area contributed by atoms with Crippen LogP contribution in [-0.4, -0.2) is 15.0 Å². The first-order chi connectivity index (χ1) is 6.31. The van der Waals surface area contributed by atoms with E-state index in [1.165, 1.54) is 12.7 Å². The maximum absolute atomic E-state index is 6.20. The molecule has 13 heavy (non-hydrogen) atoms. The third kappa shape index (κ3) is 1.53. The summed E-state index contributed by atoms with van der Waals surface area (Å²) in [5.41, 5.74) is 0. The summed E-state index contributed by atoms with van der Waals surface area (Å²) < 4.78 is 0. The van der Waals surface area contributed by atoms with Gasteiger partial charge in [0.25, 0.3) is 0 Å². The average molecular weight is 195 g/mol. The highest BCUT2D eigenvalue weighted by molar-refractivity contribution is 6.24. The van der Waals surface area contributed by atoms with Gasteiger partial charge in [0.05, 0.1) is 0 Å². The zero-order chi connectivity index (χ0) is 9.15. The fourth-order valence-corrected chi connectivity index (χ4v) is 1.26. The molecule has 1 aromatic heterocycles. The molecule has 0 saturated heterocycles. The molecule has 2 rings (SSSR count). The Hall–Kier alpha value is -1.42. The lowest BCUT2D eigenvalue weighted by Gasteiger charge is -2.23. The Morgan fingerprint density at radius 2 is 2.00 bits per heavy atom. The summed E-state index contributed by atoms with van der Waals surface area (Å²) in [4.78, 5) is 10.8. The molecule has 5 heteroatoms. The van der Waals surface area contributed by atoms with Crippen LogP contribution in [-0.2, 0) is 5.00 Å². The molecular weight excluding hydrogens is 188 g/mol. The SMILES string of the molecule is ClC1(c2ncncn2)C=CC=CN1. The Morgan fingerprint density at radius 1 is 1.23 bits per heavy atom. The maximum atomic E-state index is 6.20. The molecule has 1 unspecified atom stereocenters. The van der Waals surface area contributed by atoms with Gasteiger partial charge in [-0.3, -0.25) is 0 Å². The Balaban J connectivity index is 2.35. The third-order valence-corrected chi connectivity index (χ3v) is 2.05. The summed E-state index contributed by atoms with van der Waals surface area (Å²) in [6.07, 6.45) is 10.1. The summed E-state index contributed by atoms with van der Waals surface area (Å²) in [5, 5.41) is 2.96. The van der Waals surface area contributed by atoms with Gasteiger partial charge in [-0.05, 0) is 18.4 Å². The molecule has 1 atom stereocenters. The number of dihydropyridines is 1. The quantitative estimate of drug-likeness (QED) is 0.534. The molecule has 2 heterocycles. The van der Waals surface area contributed by atoms with E-state index in [-0.39, 0.29) is 0 Å². The summed E-state index contributed by atoms with van der Waals surface area (Å²) in [7, 11) is 0. The Bertz CT molecular complexity index is 348. The predicted octanol–water partition coefficient (Wildman–Crippen LogP) is 0.936. The Labute approximate surface area is 80.4 Å². The van der Waals surface area contributed by atoms with Crippen LogP contribution in [0.2, 0.25) is 0 Å². The largest absolute Gasteiger partial charge is 0.363 e. The Kier molecular flexibility index (Phi) is 1.98. The van der Waals surface area contributed by atoms with Crippen molar-refractivity contribution in [2.24, 2.45) is 0 Å². The minimum Gasteiger partial charge on any atom is -0.363 e. The maximum Gasteiger partial charge on any atom is 0.191 e. The lowest BCUT2D eigenvalue weighted by molar-refractivity contribution is 0.613. The van der Waals surface area contributed by atoms with Crippen molar-refractivity contribution in [2.75, 3.05) is 0 Å². The number of halogens is 1. The number of nitrogens with one attached hydrogen (secondary N) is 1.